The molecule has 146 valence electrons. The molecule has 1 unspecified atom stereocenters. The fourth-order valence-electron chi connectivity index (χ4n) is 2.48. The maximum absolute atomic E-state index is 12.1. The summed E-state index contributed by atoms with van der Waals surface area (Å²) in [6, 6.07) is 6.60. The van der Waals surface area contributed by atoms with E-state index >= 15 is 0 Å². The molecule has 1 aliphatic rings. The Morgan fingerprint density at radius 3 is 2.56 bits per heavy atom. The molecule has 2 amide bonds. The molecule has 6 nitrogen and oxygen atoms in total. The van der Waals surface area contributed by atoms with Crippen molar-refractivity contribution in [3.8, 4) is 0 Å². The van der Waals surface area contributed by atoms with Crippen molar-refractivity contribution in [1.82, 2.24) is 4.90 Å². The van der Waals surface area contributed by atoms with Crippen LogP contribution in [0.4, 0.5) is 5.69 Å². The second-order valence-electron chi connectivity index (χ2n) is 6.23. The zero-order chi connectivity index (χ0) is 19.8. The average molecular weight is 409 g/mol. The zero-order valence-electron chi connectivity index (χ0n) is 15.5. The first-order chi connectivity index (χ1) is 12.9. The fraction of sp³-hybridized carbons (Fsp3) is 0.474. The Morgan fingerprint density at radius 2 is 1.96 bits per heavy atom. The van der Waals surface area contributed by atoms with Gasteiger partial charge in [-0.1, -0.05) is 37.3 Å². The van der Waals surface area contributed by atoms with Crippen LogP contribution in [-0.4, -0.2) is 45.4 Å². The molecule has 1 aromatic carbocycles. The molecule has 0 aromatic heterocycles. The topological polar surface area (TPSA) is 75.7 Å². The summed E-state index contributed by atoms with van der Waals surface area (Å²) in [5.74, 6) is -0.502. The minimum Gasteiger partial charge on any atom is -0.462 e. The van der Waals surface area contributed by atoms with E-state index in [0.717, 1.165) is 12.8 Å². The third-order valence-corrected chi connectivity index (χ3v) is 5.52. The smallest absolute Gasteiger partial charge is 0.338 e. The number of hydrogen-bond donors (Lipinski definition) is 1. The molecule has 8 heteroatoms. The highest BCUT2D eigenvalue weighted by Gasteiger charge is 2.33. The summed E-state index contributed by atoms with van der Waals surface area (Å²) in [5.41, 5.74) is 1.07. The minimum atomic E-state index is -0.361. The van der Waals surface area contributed by atoms with Crippen molar-refractivity contribution in [3.05, 3.63) is 29.8 Å². The van der Waals surface area contributed by atoms with Crippen molar-refractivity contribution < 1.29 is 19.1 Å². The molecule has 1 saturated heterocycles. The summed E-state index contributed by atoms with van der Waals surface area (Å²) in [7, 11) is 0. The summed E-state index contributed by atoms with van der Waals surface area (Å²) >= 11 is 6.55. The van der Waals surface area contributed by atoms with Crippen LogP contribution in [0.15, 0.2) is 24.3 Å². The Bertz CT molecular complexity index is 706. The number of anilines is 1. The van der Waals surface area contributed by atoms with Gasteiger partial charge in [-0.25, -0.2) is 4.79 Å². The fourth-order valence-corrected chi connectivity index (χ4v) is 3.93. The molecule has 27 heavy (non-hydrogen) atoms. The SMILES string of the molecule is CCCCOC(=O)c1ccc(NC(=O)CCCN2C(=O)C(C)SC2=S)cc1. The van der Waals surface area contributed by atoms with Crippen LogP contribution in [0.2, 0.25) is 0 Å². The van der Waals surface area contributed by atoms with Crippen LogP contribution in [-0.2, 0) is 14.3 Å². The third-order valence-electron chi connectivity index (χ3n) is 4.03. The van der Waals surface area contributed by atoms with Gasteiger partial charge in [0.05, 0.1) is 17.4 Å². The van der Waals surface area contributed by atoms with Gasteiger partial charge in [0.2, 0.25) is 11.8 Å². The maximum atomic E-state index is 12.1. The van der Waals surface area contributed by atoms with E-state index in [9.17, 15) is 14.4 Å². The Kier molecular flexibility index (Phi) is 8.24. The van der Waals surface area contributed by atoms with E-state index in [1.54, 1.807) is 29.2 Å². The van der Waals surface area contributed by atoms with Crippen LogP contribution >= 0.6 is 24.0 Å². The molecule has 0 saturated carbocycles. The Morgan fingerprint density at radius 1 is 1.26 bits per heavy atom. The largest absolute Gasteiger partial charge is 0.462 e. The molecule has 0 bridgehead atoms. The number of nitrogens with one attached hydrogen (secondary N) is 1. The lowest BCUT2D eigenvalue weighted by molar-refractivity contribution is -0.126. The van der Waals surface area contributed by atoms with Crippen LogP contribution in [0.3, 0.4) is 0 Å². The number of nitrogens with zero attached hydrogens (tertiary/aromatic N) is 1. The van der Waals surface area contributed by atoms with E-state index in [4.69, 9.17) is 17.0 Å². The van der Waals surface area contributed by atoms with Crippen molar-refractivity contribution in [2.75, 3.05) is 18.5 Å². The first kappa shape index (κ1) is 21.4. The lowest BCUT2D eigenvalue weighted by Gasteiger charge is -2.14. The van der Waals surface area contributed by atoms with Crippen LogP contribution in [0.1, 0.15) is 49.9 Å². The van der Waals surface area contributed by atoms with Crippen LogP contribution < -0.4 is 5.32 Å². The highest BCUT2D eigenvalue weighted by atomic mass is 32.2. The standard InChI is InChI=1S/C19H24N2O4S2/c1-3-4-12-25-18(24)14-7-9-15(10-8-14)20-16(22)6-5-11-21-17(23)13(2)27-19(21)26/h7-10,13H,3-6,11-12H2,1-2H3,(H,20,22). The minimum absolute atomic E-state index is 0.00631. The molecular formula is C19H24N2O4S2. The van der Waals surface area contributed by atoms with E-state index in [0.29, 0.717) is 35.1 Å². The average Bonchev–Trinajstić information content (AvgIpc) is 2.88. The quantitative estimate of drug-likeness (QED) is 0.382. The number of esters is 1. The number of benzene rings is 1. The van der Waals surface area contributed by atoms with Gasteiger partial charge in [-0.2, -0.15) is 0 Å². The van der Waals surface area contributed by atoms with Gasteiger partial charge < -0.3 is 10.1 Å². The van der Waals surface area contributed by atoms with Crippen molar-refractivity contribution in [2.24, 2.45) is 0 Å². The molecular weight excluding hydrogens is 384 g/mol. The summed E-state index contributed by atoms with van der Waals surface area (Å²) in [4.78, 5) is 37.4. The predicted molar refractivity (Wildman–Crippen MR) is 111 cm³/mol. The molecule has 0 radical (unpaired) electrons. The summed E-state index contributed by atoms with van der Waals surface area (Å²) < 4.78 is 5.72. The van der Waals surface area contributed by atoms with E-state index in [-0.39, 0.29) is 29.5 Å². The van der Waals surface area contributed by atoms with E-state index < -0.39 is 0 Å². The van der Waals surface area contributed by atoms with Crippen molar-refractivity contribution in [3.63, 3.8) is 0 Å². The first-order valence-electron chi connectivity index (χ1n) is 9.01. The summed E-state index contributed by atoms with van der Waals surface area (Å²) in [5, 5.41) is 2.64. The van der Waals surface area contributed by atoms with Crippen molar-refractivity contribution >= 4 is 51.8 Å². The number of unbranched alkanes of at least 4 members (excludes halogenated alkanes) is 1. The number of amides is 2. The number of hydrogen-bond acceptors (Lipinski definition) is 6. The highest BCUT2D eigenvalue weighted by Crippen LogP contribution is 2.26. The number of carbonyl (C=O) groups excluding carboxylic acids is 3. The van der Waals surface area contributed by atoms with E-state index in [1.165, 1.54) is 11.8 Å². The van der Waals surface area contributed by atoms with Gasteiger partial charge in [0, 0.05) is 18.7 Å². The molecule has 1 aromatic rings. The zero-order valence-corrected chi connectivity index (χ0v) is 17.2. The van der Waals surface area contributed by atoms with Crippen molar-refractivity contribution in [2.45, 2.75) is 44.8 Å². The maximum Gasteiger partial charge on any atom is 0.338 e. The third kappa shape index (κ3) is 6.32. The summed E-state index contributed by atoms with van der Waals surface area (Å²) in [6.45, 7) is 4.72. The van der Waals surface area contributed by atoms with Crippen molar-refractivity contribution in [1.29, 1.82) is 0 Å². The monoisotopic (exact) mass is 408 g/mol. The highest BCUT2D eigenvalue weighted by molar-refractivity contribution is 8.24. The number of rotatable bonds is 9. The second kappa shape index (κ2) is 10.4. The summed E-state index contributed by atoms with van der Waals surface area (Å²) in [6.07, 6.45) is 2.62. The second-order valence-corrected chi connectivity index (χ2v) is 8.21. The lowest BCUT2D eigenvalue weighted by atomic mass is 10.2. The number of thiocarbonyl (C=S) groups is 1. The van der Waals surface area contributed by atoms with Gasteiger partial charge in [0.15, 0.2) is 0 Å². The Hall–Kier alpha value is -1.93. The number of ether oxygens (including phenoxy) is 1. The molecule has 1 fully saturated rings. The molecule has 1 heterocycles. The molecule has 1 atom stereocenters. The van der Waals surface area contributed by atoms with Gasteiger partial charge in [-0.3, -0.25) is 14.5 Å². The van der Waals surface area contributed by atoms with Crippen LogP contribution in [0, 0.1) is 0 Å². The number of thioether (sulfide) groups is 1. The van der Waals surface area contributed by atoms with Gasteiger partial charge in [0.1, 0.15) is 4.32 Å². The van der Waals surface area contributed by atoms with E-state index in [2.05, 4.69) is 5.32 Å². The van der Waals surface area contributed by atoms with Crippen LogP contribution in [0.5, 0.6) is 0 Å². The van der Waals surface area contributed by atoms with Gasteiger partial charge >= 0.3 is 5.97 Å². The molecule has 2 rings (SSSR count). The van der Waals surface area contributed by atoms with Gasteiger partial charge in [-0.05, 0) is 44.0 Å². The van der Waals surface area contributed by atoms with Gasteiger partial charge in [0.25, 0.3) is 0 Å². The molecule has 0 aliphatic carbocycles. The Labute approximate surface area is 169 Å². The van der Waals surface area contributed by atoms with E-state index in [1.807, 2.05) is 13.8 Å². The molecule has 1 aliphatic heterocycles. The molecule has 1 N–H and O–H groups in total. The van der Waals surface area contributed by atoms with Gasteiger partial charge in [-0.15, -0.1) is 0 Å². The number of carbonyl (C=O) groups is 3. The predicted octanol–water partition coefficient (Wildman–Crippen LogP) is 3.61. The first-order valence-corrected chi connectivity index (χ1v) is 10.3. The normalized spacial score (nSPS) is 16.5. The lowest BCUT2D eigenvalue weighted by Crippen LogP contribution is -2.32. The molecule has 0 spiro atoms. The van der Waals surface area contributed by atoms with Crippen LogP contribution in [0.25, 0.3) is 0 Å². The Balaban J connectivity index is 1.75.